The highest BCUT2D eigenvalue weighted by Gasteiger charge is 2.25. The van der Waals surface area contributed by atoms with Gasteiger partial charge in [0.1, 0.15) is 0 Å². The summed E-state index contributed by atoms with van der Waals surface area (Å²) in [6.07, 6.45) is 0.404. The van der Waals surface area contributed by atoms with E-state index in [4.69, 9.17) is 4.74 Å². The molecule has 1 heterocycles. The molecule has 2 rings (SSSR count). The molecule has 1 fully saturated rings. The summed E-state index contributed by atoms with van der Waals surface area (Å²) in [6, 6.07) is 6.51. The highest BCUT2D eigenvalue weighted by molar-refractivity contribution is 5.92. The molecule has 1 aliphatic heterocycles. The number of carbonyl (C=O) groups excluding carboxylic acids is 2. The SMILES string of the molecule is COC(=O)c1ccc(NC(=O)NCC(C)N2CC(C)OC(C)C2)cc1. The van der Waals surface area contributed by atoms with Crippen LogP contribution in [0, 0.1) is 0 Å². The third-order valence-corrected chi connectivity index (χ3v) is 4.19. The largest absolute Gasteiger partial charge is 0.465 e. The average molecular weight is 349 g/mol. The van der Waals surface area contributed by atoms with Gasteiger partial charge in [-0.3, -0.25) is 4.90 Å². The van der Waals surface area contributed by atoms with E-state index in [0.29, 0.717) is 17.8 Å². The minimum absolute atomic E-state index is 0.202. The summed E-state index contributed by atoms with van der Waals surface area (Å²) in [7, 11) is 1.33. The third kappa shape index (κ3) is 5.72. The Labute approximate surface area is 148 Å². The zero-order chi connectivity index (χ0) is 18.4. The van der Waals surface area contributed by atoms with Gasteiger partial charge in [0.05, 0.1) is 24.9 Å². The lowest BCUT2D eigenvalue weighted by atomic mass is 10.2. The average Bonchev–Trinajstić information content (AvgIpc) is 2.58. The summed E-state index contributed by atoms with van der Waals surface area (Å²) < 4.78 is 10.4. The summed E-state index contributed by atoms with van der Waals surface area (Å²) >= 11 is 0. The molecule has 1 aromatic rings. The first kappa shape index (κ1) is 19.2. The van der Waals surface area contributed by atoms with Crippen molar-refractivity contribution in [1.29, 1.82) is 0 Å². The molecule has 0 radical (unpaired) electrons. The quantitative estimate of drug-likeness (QED) is 0.796. The van der Waals surface area contributed by atoms with Crippen LogP contribution < -0.4 is 10.6 Å². The summed E-state index contributed by atoms with van der Waals surface area (Å²) in [6.45, 7) is 8.50. The number of carbonyl (C=O) groups is 2. The van der Waals surface area contributed by atoms with Gasteiger partial charge >= 0.3 is 12.0 Å². The maximum absolute atomic E-state index is 12.0. The van der Waals surface area contributed by atoms with Gasteiger partial charge in [0.2, 0.25) is 0 Å². The van der Waals surface area contributed by atoms with Gasteiger partial charge in [-0.2, -0.15) is 0 Å². The fourth-order valence-electron chi connectivity index (χ4n) is 2.93. The topological polar surface area (TPSA) is 79.9 Å². The number of hydrogen-bond donors (Lipinski definition) is 2. The number of methoxy groups -OCH3 is 1. The molecule has 1 saturated heterocycles. The Bertz CT molecular complexity index is 580. The number of morpholine rings is 1. The van der Waals surface area contributed by atoms with Gasteiger partial charge in [-0.1, -0.05) is 0 Å². The molecule has 0 bridgehead atoms. The van der Waals surface area contributed by atoms with E-state index in [1.54, 1.807) is 24.3 Å². The van der Waals surface area contributed by atoms with Crippen molar-refractivity contribution < 1.29 is 19.1 Å². The molecule has 2 N–H and O–H groups in total. The first-order chi connectivity index (χ1) is 11.9. The van der Waals surface area contributed by atoms with E-state index >= 15 is 0 Å². The van der Waals surface area contributed by atoms with Crippen LogP contribution in [0.15, 0.2) is 24.3 Å². The number of anilines is 1. The first-order valence-corrected chi connectivity index (χ1v) is 8.51. The molecule has 0 aliphatic carbocycles. The minimum atomic E-state index is -0.404. The number of amides is 2. The van der Waals surface area contributed by atoms with E-state index < -0.39 is 5.97 Å². The maximum Gasteiger partial charge on any atom is 0.337 e. The predicted octanol–water partition coefficient (Wildman–Crippen LogP) is 2.09. The number of nitrogens with zero attached hydrogens (tertiary/aromatic N) is 1. The molecule has 7 heteroatoms. The Morgan fingerprint density at radius 2 is 1.84 bits per heavy atom. The molecular formula is C18H27N3O4. The molecule has 1 aliphatic rings. The smallest absolute Gasteiger partial charge is 0.337 e. The Balaban J connectivity index is 1.79. The standard InChI is InChI=1S/C18H27N3O4/c1-12(21-10-13(2)25-14(3)11-21)9-19-18(23)20-16-7-5-15(6-8-16)17(22)24-4/h5-8,12-14H,9-11H2,1-4H3,(H2,19,20,23). The molecule has 1 aromatic carbocycles. The normalized spacial score (nSPS) is 22.1. The van der Waals surface area contributed by atoms with E-state index in [1.807, 2.05) is 0 Å². The molecule has 3 unspecified atom stereocenters. The van der Waals surface area contributed by atoms with Crippen LogP contribution in [0.25, 0.3) is 0 Å². The maximum atomic E-state index is 12.0. The van der Waals surface area contributed by atoms with E-state index in [-0.39, 0.29) is 24.3 Å². The second-order valence-corrected chi connectivity index (χ2v) is 6.46. The molecule has 2 amide bonds. The number of nitrogens with one attached hydrogen (secondary N) is 2. The predicted molar refractivity (Wildman–Crippen MR) is 95.8 cm³/mol. The molecular weight excluding hydrogens is 322 g/mol. The summed E-state index contributed by atoms with van der Waals surface area (Å²) in [5.41, 5.74) is 1.06. The van der Waals surface area contributed by atoms with Crippen molar-refractivity contribution in [1.82, 2.24) is 10.2 Å². The second-order valence-electron chi connectivity index (χ2n) is 6.46. The second kappa shape index (κ2) is 8.82. The van der Waals surface area contributed by atoms with E-state index in [9.17, 15) is 9.59 Å². The lowest BCUT2D eigenvalue weighted by Gasteiger charge is -2.38. The molecule has 0 saturated carbocycles. The van der Waals surface area contributed by atoms with Crippen LogP contribution in [0.1, 0.15) is 31.1 Å². The van der Waals surface area contributed by atoms with Crippen LogP contribution in [-0.4, -0.2) is 61.9 Å². The van der Waals surface area contributed by atoms with E-state index in [2.05, 4.69) is 41.0 Å². The molecule has 25 heavy (non-hydrogen) atoms. The van der Waals surface area contributed by atoms with Gasteiger partial charge in [-0.15, -0.1) is 0 Å². The van der Waals surface area contributed by atoms with Gasteiger partial charge in [0.25, 0.3) is 0 Å². The van der Waals surface area contributed by atoms with Crippen molar-refractivity contribution in [2.45, 2.75) is 39.0 Å². The number of ether oxygens (including phenoxy) is 2. The van der Waals surface area contributed by atoms with E-state index in [1.165, 1.54) is 7.11 Å². The first-order valence-electron chi connectivity index (χ1n) is 8.51. The van der Waals surface area contributed by atoms with Crippen molar-refractivity contribution in [3.8, 4) is 0 Å². The van der Waals surface area contributed by atoms with Crippen molar-refractivity contribution in [3.05, 3.63) is 29.8 Å². The van der Waals surface area contributed by atoms with Crippen LogP contribution in [0.4, 0.5) is 10.5 Å². The summed E-state index contributed by atoms with van der Waals surface area (Å²) in [5, 5.41) is 5.64. The molecule has 138 valence electrons. The number of benzene rings is 1. The summed E-state index contributed by atoms with van der Waals surface area (Å²) in [5.74, 6) is -0.404. The molecule has 0 spiro atoms. The highest BCUT2D eigenvalue weighted by Crippen LogP contribution is 2.13. The Kier molecular flexibility index (Phi) is 6.78. The van der Waals surface area contributed by atoms with Crippen LogP contribution in [0.5, 0.6) is 0 Å². The fraction of sp³-hybridized carbons (Fsp3) is 0.556. The van der Waals surface area contributed by atoms with Gasteiger partial charge in [0.15, 0.2) is 0 Å². The van der Waals surface area contributed by atoms with Crippen LogP contribution in [0.2, 0.25) is 0 Å². The fourth-order valence-corrected chi connectivity index (χ4v) is 2.93. The third-order valence-electron chi connectivity index (χ3n) is 4.19. The van der Waals surface area contributed by atoms with Crippen LogP contribution >= 0.6 is 0 Å². The number of rotatable bonds is 5. The molecule has 3 atom stereocenters. The van der Waals surface area contributed by atoms with Gasteiger partial charge < -0.3 is 20.1 Å². The van der Waals surface area contributed by atoms with Crippen molar-refractivity contribution >= 4 is 17.7 Å². The van der Waals surface area contributed by atoms with Crippen molar-refractivity contribution in [2.75, 3.05) is 32.1 Å². The lowest BCUT2D eigenvalue weighted by Crippen LogP contribution is -2.52. The number of hydrogen-bond acceptors (Lipinski definition) is 5. The van der Waals surface area contributed by atoms with Crippen LogP contribution in [0.3, 0.4) is 0 Å². The molecule has 0 aromatic heterocycles. The van der Waals surface area contributed by atoms with Gasteiger partial charge in [0, 0.05) is 31.4 Å². The van der Waals surface area contributed by atoms with Gasteiger partial charge in [-0.25, -0.2) is 9.59 Å². The Hall–Kier alpha value is -2.12. The number of urea groups is 1. The van der Waals surface area contributed by atoms with Gasteiger partial charge in [-0.05, 0) is 45.0 Å². The monoisotopic (exact) mass is 349 g/mol. The van der Waals surface area contributed by atoms with Crippen molar-refractivity contribution in [3.63, 3.8) is 0 Å². The minimum Gasteiger partial charge on any atom is -0.465 e. The van der Waals surface area contributed by atoms with Crippen LogP contribution in [-0.2, 0) is 9.47 Å². The highest BCUT2D eigenvalue weighted by atomic mass is 16.5. The zero-order valence-corrected chi connectivity index (χ0v) is 15.2. The van der Waals surface area contributed by atoms with Crippen molar-refractivity contribution in [2.24, 2.45) is 0 Å². The van der Waals surface area contributed by atoms with E-state index in [0.717, 1.165) is 13.1 Å². The number of esters is 1. The Morgan fingerprint density at radius 3 is 2.40 bits per heavy atom. The summed E-state index contributed by atoms with van der Waals surface area (Å²) in [4.78, 5) is 25.8. The molecule has 7 nitrogen and oxygen atoms in total. The Morgan fingerprint density at radius 1 is 1.24 bits per heavy atom. The lowest BCUT2D eigenvalue weighted by molar-refractivity contribution is -0.0777. The zero-order valence-electron chi connectivity index (χ0n) is 15.2.